The summed E-state index contributed by atoms with van der Waals surface area (Å²) in [5, 5.41) is 0. The van der Waals surface area contributed by atoms with Crippen LogP contribution in [0.1, 0.15) is 17.9 Å². The average Bonchev–Trinajstić information content (AvgIpc) is 2.15. The highest BCUT2D eigenvalue weighted by Gasteiger charge is 2.04. The minimum Gasteiger partial charge on any atom is -0.120 e. The SMILES string of the molecule is C#CC[C@H](C#C)c1ccccc1. The Kier molecular flexibility index (Phi) is 3.00. The van der Waals surface area contributed by atoms with Crippen LogP contribution in [0.15, 0.2) is 30.3 Å². The second-order valence-electron chi connectivity index (χ2n) is 2.54. The van der Waals surface area contributed by atoms with E-state index < -0.39 is 0 Å². The van der Waals surface area contributed by atoms with E-state index in [2.05, 4.69) is 11.8 Å². The van der Waals surface area contributed by atoms with Crippen molar-refractivity contribution in [3.05, 3.63) is 35.9 Å². The Morgan fingerprint density at radius 3 is 2.33 bits per heavy atom. The van der Waals surface area contributed by atoms with E-state index in [1.165, 1.54) is 0 Å². The second kappa shape index (κ2) is 4.27. The Morgan fingerprint density at radius 2 is 1.83 bits per heavy atom. The van der Waals surface area contributed by atoms with Gasteiger partial charge in [0.2, 0.25) is 0 Å². The van der Waals surface area contributed by atoms with Gasteiger partial charge in [0.05, 0.1) is 5.92 Å². The predicted molar refractivity (Wildman–Crippen MR) is 51.5 cm³/mol. The van der Waals surface area contributed by atoms with E-state index in [0.717, 1.165) is 5.56 Å². The molecule has 0 aliphatic heterocycles. The van der Waals surface area contributed by atoms with Crippen molar-refractivity contribution in [1.82, 2.24) is 0 Å². The molecule has 1 atom stereocenters. The van der Waals surface area contributed by atoms with Crippen LogP contribution in [-0.2, 0) is 0 Å². The molecule has 0 nitrogen and oxygen atoms in total. The lowest BCUT2D eigenvalue weighted by Crippen LogP contribution is -1.92. The number of hydrogen-bond acceptors (Lipinski definition) is 0. The fourth-order valence-electron chi connectivity index (χ4n) is 1.08. The summed E-state index contributed by atoms with van der Waals surface area (Å²) in [6.45, 7) is 0. The summed E-state index contributed by atoms with van der Waals surface area (Å²) in [5.74, 6) is 5.32. The van der Waals surface area contributed by atoms with Crippen LogP contribution in [0.25, 0.3) is 0 Å². The molecule has 12 heavy (non-hydrogen) atoms. The molecule has 0 heterocycles. The molecule has 0 amide bonds. The Morgan fingerprint density at radius 1 is 1.17 bits per heavy atom. The Hall–Kier alpha value is -1.66. The second-order valence-corrected chi connectivity index (χ2v) is 2.54. The Bertz CT molecular complexity index is 308. The van der Waals surface area contributed by atoms with Crippen LogP contribution in [0.4, 0.5) is 0 Å². The van der Waals surface area contributed by atoms with E-state index in [1.807, 2.05) is 30.3 Å². The topological polar surface area (TPSA) is 0 Å². The summed E-state index contributed by atoms with van der Waals surface area (Å²) in [6.07, 6.45) is 11.2. The highest BCUT2D eigenvalue weighted by atomic mass is 14.1. The van der Waals surface area contributed by atoms with Crippen LogP contribution < -0.4 is 0 Å². The van der Waals surface area contributed by atoms with Gasteiger partial charge in [0.1, 0.15) is 0 Å². The predicted octanol–water partition coefficient (Wildman–Crippen LogP) is 2.43. The quantitative estimate of drug-likeness (QED) is 0.574. The van der Waals surface area contributed by atoms with Gasteiger partial charge in [-0.2, -0.15) is 0 Å². The first-order valence-corrected chi connectivity index (χ1v) is 3.83. The molecule has 0 fully saturated rings. The lowest BCUT2D eigenvalue weighted by atomic mass is 9.97. The third kappa shape index (κ3) is 1.91. The van der Waals surface area contributed by atoms with E-state index >= 15 is 0 Å². The highest BCUT2D eigenvalue weighted by molar-refractivity contribution is 5.27. The van der Waals surface area contributed by atoms with Crippen molar-refractivity contribution >= 4 is 0 Å². The van der Waals surface area contributed by atoms with Gasteiger partial charge in [-0.15, -0.1) is 18.8 Å². The molecule has 0 spiro atoms. The fraction of sp³-hybridized carbons (Fsp3) is 0.167. The maximum Gasteiger partial charge on any atom is 0.0558 e. The van der Waals surface area contributed by atoms with E-state index in [0.29, 0.717) is 6.42 Å². The van der Waals surface area contributed by atoms with Crippen molar-refractivity contribution in [2.45, 2.75) is 12.3 Å². The van der Waals surface area contributed by atoms with Gasteiger partial charge in [-0.3, -0.25) is 0 Å². The van der Waals surface area contributed by atoms with Crippen LogP contribution in [0, 0.1) is 24.7 Å². The third-order valence-corrected chi connectivity index (χ3v) is 1.73. The fourth-order valence-corrected chi connectivity index (χ4v) is 1.08. The largest absolute Gasteiger partial charge is 0.120 e. The lowest BCUT2D eigenvalue weighted by molar-refractivity contribution is 0.915. The summed E-state index contributed by atoms with van der Waals surface area (Å²) >= 11 is 0. The van der Waals surface area contributed by atoms with Crippen LogP contribution in [-0.4, -0.2) is 0 Å². The first-order valence-electron chi connectivity index (χ1n) is 3.83. The zero-order valence-corrected chi connectivity index (χ0v) is 6.83. The summed E-state index contributed by atoms with van der Waals surface area (Å²) in [5.41, 5.74) is 1.12. The normalized spacial score (nSPS) is 11.2. The van der Waals surface area contributed by atoms with Crippen molar-refractivity contribution in [2.75, 3.05) is 0 Å². The maximum absolute atomic E-state index is 5.35. The standard InChI is InChI=1S/C12H10/c1-3-8-11(4-2)12-9-6-5-7-10-12/h1-2,5-7,9-11H,8H2/t11-/m0/s1. The van der Waals surface area contributed by atoms with Crippen molar-refractivity contribution in [3.8, 4) is 24.7 Å². The number of terminal acetylenes is 2. The zero-order valence-electron chi connectivity index (χ0n) is 6.83. The number of rotatable bonds is 2. The van der Waals surface area contributed by atoms with Gasteiger partial charge in [0.25, 0.3) is 0 Å². The zero-order chi connectivity index (χ0) is 8.81. The minimum atomic E-state index is 0.0659. The molecule has 0 unspecified atom stereocenters. The third-order valence-electron chi connectivity index (χ3n) is 1.73. The summed E-state index contributed by atoms with van der Waals surface area (Å²) in [6, 6.07) is 9.91. The molecule has 0 aliphatic rings. The molecule has 0 aliphatic carbocycles. The van der Waals surface area contributed by atoms with Gasteiger partial charge in [0, 0.05) is 6.42 Å². The number of hydrogen-bond donors (Lipinski definition) is 0. The van der Waals surface area contributed by atoms with Gasteiger partial charge >= 0.3 is 0 Å². The van der Waals surface area contributed by atoms with Crippen molar-refractivity contribution in [3.63, 3.8) is 0 Å². The minimum absolute atomic E-state index is 0.0659. The molecule has 0 N–H and O–H groups in total. The summed E-state index contributed by atoms with van der Waals surface area (Å²) in [4.78, 5) is 0. The first-order chi connectivity index (χ1) is 5.88. The molecular formula is C12H10. The van der Waals surface area contributed by atoms with Gasteiger partial charge < -0.3 is 0 Å². The van der Waals surface area contributed by atoms with Crippen LogP contribution in [0.3, 0.4) is 0 Å². The molecule has 0 saturated heterocycles. The molecule has 0 aromatic heterocycles. The number of benzene rings is 1. The smallest absolute Gasteiger partial charge is 0.0558 e. The summed E-state index contributed by atoms with van der Waals surface area (Å²) in [7, 11) is 0. The van der Waals surface area contributed by atoms with E-state index in [4.69, 9.17) is 12.8 Å². The van der Waals surface area contributed by atoms with Gasteiger partial charge in [-0.05, 0) is 5.56 Å². The van der Waals surface area contributed by atoms with Gasteiger partial charge in [-0.1, -0.05) is 36.3 Å². The van der Waals surface area contributed by atoms with Crippen molar-refractivity contribution in [1.29, 1.82) is 0 Å². The molecule has 0 heteroatoms. The molecular weight excluding hydrogens is 144 g/mol. The van der Waals surface area contributed by atoms with Gasteiger partial charge in [0.15, 0.2) is 0 Å². The van der Waals surface area contributed by atoms with Crippen LogP contribution in [0.5, 0.6) is 0 Å². The highest BCUT2D eigenvalue weighted by Crippen LogP contribution is 2.16. The first kappa shape index (κ1) is 8.44. The average molecular weight is 154 g/mol. The molecule has 0 bridgehead atoms. The van der Waals surface area contributed by atoms with Crippen molar-refractivity contribution in [2.24, 2.45) is 0 Å². The van der Waals surface area contributed by atoms with Crippen molar-refractivity contribution < 1.29 is 0 Å². The van der Waals surface area contributed by atoms with Crippen LogP contribution >= 0.6 is 0 Å². The molecule has 1 rings (SSSR count). The van der Waals surface area contributed by atoms with E-state index in [-0.39, 0.29) is 5.92 Å². The van der Waals surface area contributed by atoms with E-state index in [9.17, 15) is 0 Å². The molecule has 1 aromatic carbocycles. The molecule has 0 saturated carbocycles. The van der Waals surface area contributed by atoms with Gasteiger partial charge in [-0.25, -0.2) is 0 Å². The van der Waals surface area contributed by atoms with Crippen LogP contribution in [0.2, 0.25) is 0 Å². The lowest BCUT2D eigenvalue weighted by Gasteiger charge is -2.05. The molecule has 58 valence electrons. The summed E-state index contributed by atoms with van der Waals surface area (Å²) < 4.78 is 0. The molecule has 0 radical (unpaired) electrons. The van der Waals surface area contributed by atoms with E-state index in [1.54, 1.807) is 0 Å². The molecule has 1 aromatic rings. The monoisotopic (exact) mass is 154 g/mol. The Labute approximate surface area is 73.6 Å². The Balaban J connectivity index is 2.84. The maximum atomic E-state index is 5.35.